The molecule has 4 N–H and O–H groups in total. The van der Waals surface area contributed by atoms with Gasteiger partial charge >= 0.3 is 0 Å². The van der Waals surface area contributed by atoms with E-state index in [2.05, 4.69) is 43.5 Å². The quantitative estimate of drug-likeness (QED) is 0.0361. The molecular weight excluding hydrogens is 799 g/mol. The molecule has 0 aromatic heterocycles. The van der Waals surface area contributed by atoms with Gasteiger partial charge in [-0.05, 0) is 44.9 Å². The Labute approximate surface area is 406 Å². The highest BCUT2D eigenvalue weighted by Gasteiger charge is 2.22. The van der Waals surface area contributed by atoms with Gasteiger partial charge in [0.25, 0.3) is 0 Å². The number of rotatable bonds is 54. The molecule has 1 amide bonds. The van der Waals surface area contributed by atoms with Crippen molar-refractivity contribution in [2.75, 3.05) is 6.61 Å². The minimum atomic E-state index is -1.11. The molecule has 0 heterocycles. The van der Waals surface area contributed by atoms with Crippen molar-refractivity contribution >= 4 is 5.91 Å². The summed E-state index contributed by atoms with van der Waals surface area (Å²) in [6, 6.07) is -0.820. The monoisotopic (exact) mass is 914 g/mol. The van der Waals surface area contributed by atoms with E-state index in [0.29, 0.717) is 6.42 Å². The number of unbranched alkanes of at least 4 members (excludes halogenated alkanes) is 42. The molecule has 384 valence electrons. The Kier molecular flexibility index (Phi) is 54.0. The molecule has 0 saturated heterocycles. The highest BCUT2D eigenvalue weighted by molar-refractivity contribution is 5.80. The lowest BCUT2D eigenvalue weighted by Crippen LogP contribution is -2.48. The molecule has 0 aliphatic rings. The second kappa shape index (κ2) is 55.2. The lowest BCUT2D eigenvalue weighted by atomic mass is 10.0. The summed E-state index contributed by atoms with van der Waals surface area (Å²) in [5.74, 6) is -0.511. The zero-order valence-corrected chi connectivity index (χ0v) is 43.9. The van der Waals surface area contributed by atoms with E-state index < -0.39 is 24.2 Å². The van der Waals surface area contributed by atoms with Crippen molar-refractivity contribution in [3.05, 3.63) is 36.5 Å². The molecule has 0 aliphatic carbocycles. The first-order valence-electron chi connectivity index (χ1n) is 29.3. The van der Waals surface area contributed by atoms with Gasteiger partial charge in [-0.1, -0.05) is 307 Å². The van der Waals surface area contributed by atoms with E-state index in [1.54, 1.807) is 6.08 Å². The number of amides is 1. The number of aliphatic hydroxyl groups is 3. The standard InChI is InChI=1S/C60H115NO4/c1-3-5-7-9-11-13-15-17-19-21-23-25-27-29-31-33-35-37-39-41-43-45-47-49-51-53-55-59(64)60(65)61-57(56-62)58(63)54-52-50-48-46-44-42-40-38-36-34-32-30-28-26-24-22-20-18-16-14-12-10-8-6-4-2/h36,38,44,46,52,54,57-59,62-64H,3-35,37,39-43,45,47-51,53,55-56H2,1-2H3,(H,61,65)/b38-36+,46-44+,54-52+. The third-order valence-electron chi connectivity index (χ3n) is 13.7. The third-order valence-corrected chi connectivity index (χ3v) is 13.7. The molecule has 0 saturated carbocycles. The summed E-state index contributed by atoms with van der Waals surface area (Å²) >= 11 is 0. The number of carbonyl (C=O) groups is 1. The van der Waals surface area contributed by atoms with Crippen molar-refractivity contribution in [1.29, 1.82) is 0 Å². The van der Waals surface area contributed by atoms with Gasteiger partial charge in [-0.25, -0.2) is 0 Å². The van der Waals surface area contributed by atoms with Gasteiger partial charge in [0, 0.05) is 0 Å². The Bertz CT molecular complexity index is 1010. The van der Waals surface area contributed by atoms with Crippen LogP contribution >= 0.6 is 0 Å². The van der Waals surface area contributed by atoms with Crippen LogP contribution in [0.4, 0.5) is 0 Å². The topological polar surface area (TPSA) is 89.8 Å². The lowest BCUT2D eigenvalue weighted by molar-refractivity contribution is -0.131. The number of aliphatic hydroxyl groups excluding tert-OH is 3. The molecule has 5 heteroatoms. The molecule has 5 nitrogen and oxygen atoms in total. The highest BCUT2D eigenvalue weighted by atomic mass is 16.3. The number of nitrogens with one attached hydrogen (secondary N) is 1. The molecular formula is C60H115NO4. The predicted octanol–water partition coefficient (Wildman–Crippen LogP) is 18.2. The van der Waals surface area contributed by atoms with Crippen molar-refractivity contribution in [3.8, 4) is 0 Å². The van der Waals surface area contributed by atoms with Crippen LogP contribution in [0.3, 0.4) is 0 Å². The molecule has 3 atom stereocenters. The largest absolute Gasteiger partial charge is 0.394 e. The van der Waals surface area contributed by atoms with E-state index >= 15 is 0 Å². The molecule has 0 aliphatic heterocycles. The van der Waals surface area contributed by atoms with Crippen molar-refractivity contribution in [1.82, 2.24) is 5.32 Å². The van der Waals surface area contributed by atoms with E-state index in [9.17, 15) is 20.1 Å². The predicted molar refractivity (Wildman–Crippen MR) is 287 cm³/mol. The van der Waals surface area contributed by atoms with Gasteiger partial charge in [-0.15, -0.1) is 0 Å². The number of hydrogen-bond donors (Lipinski definition) is 4. The van der Waals surface area contributed by atoms with Gasteiger partial charge in [-0.3, -0.25) is 4.79 Å². The van der Waals surface area contributed by atoms with Crippen LogP contribution in [-0.4, -0.2) is 46.1 Å². The molecule has 0 rings (SSSR count). The fraction of sp³-hybridized carbons (Fsp3) is 0.883. The van der Waals surface area contributed by atoms with Crippen LogP contribution in [0, 0.1) is 0 Å². The normalized spacial score (nSPS) is 13.5. The van der Waals surface area contributed by atoms with E-state index in [-0.39, 0.29) is 6.61 Å². The maximum Gasteiger partial charge on any atom is 0.249 e. The van der Waals surface area contributed by atoms with Crippen LogP contribution in [0.1, 0.15) is 316 Å². The Morgan fingerprint density at radius 2 is 0.631 bits per heavy atom. The molecule has 65 heavy (non-hydrogen) atoms. The lowest BCUT2D eigenvalue weighted by Gasteiger charge is -2.21. The number of hydrogen-bond acceptors (Lipinski definition) is 4. The van der Waals surface area contributed by atoms with Crippen LogP contribution in [-0.2, 0) is 4.79 Å². The summed E-state index contributed by atoms with van der Waals surface area (Å²) in [5.41, 5.74) is 0. The SMILES string of the molecule is CCCCCCCCCCCCCCCCC/C=C/CC/C=C/CC/C=C/C(O)C(CO)NC(=O)C(O)CCCCCCCCCCCCCCCCCCCCCCCCCCCC. The first-order valence-corrected chi connectivity index (χ1v) is 29.3. The third kappa shape index (κ3) is 50.3. The molecule has 0 aromatic carbocycles. The summed E-state index contributed by atoms with van der Waals surface area (Å²) < 4.78 is 0. The number of carbonyl (C=O) groups excluding carboxylic acids is 1. The minimum Gasteiger partial charge on any atom is -0.394 e. The van der Waals surface area contributed by atoms with E-state index in [0.717, 1.165) is 44.9 Å². The van der Waals surface area contributed by atoms with Gasteiger partial charge < -0.3 is 20.6 Å². The van der Waals surface area contributed by atoms with Crippen LogP contribution in [0.15, 0.2) is 36.5 Å². The second-order valence-corrected chi connectivity index (χ2v) is 20.2. The Balaban J connectivity index is 3.60. The maximum absolute atomic E-state index is 12.6. The first kappa shape index (κ1) is 63.6. The highest BCUT2D eigenvalue weighted by Crippen LogP contribution is 2.18. The summed E-state index contributed by atoms with van der Waals surface area (Å²) in [4.78, 5) is 12.6. The van der Waals surface area contributed by atoms with Crippen molar-refractivity contribution in [3.63, 3.8) is 0 Å². The summed E-state index contributed by atoms with van der Waals surface area (Å²) in [5, 5.41) is 33.4. The molecule has 0 bridgehead atoms. The molecule has 0 radical (unpaired) electrons. The Morgan fingerprint density at radius 1 is 0.369 bits per heavy atom. The molecule has 0 spiro atoms. The summed E-state index contributed by atoms with van der Waals surface area (Å²) in [6.07, 6.45) is 72.4. The average Bonchev–Trinajstić information content (AvgIpc) is 3.31. The van der Waals surface area contributed by atoms with E-state index in [4.69, 9.17) is 0 Å². The van der Waals surface area contributed by atoms with Crippen molar-refractivity contribution in [2.24, 2.45) is 0 Å². The maximum atomic E-state index is 12.6. The summed E-state index contributed by atoms with van der Waals surface area (Å²) in [6.45, 7) is 4.21. The van der Waals surface area contributed by atoms with Crippen molar-refractivity contribution in [2.45, 2.75) is 334 Å². The smallest absolute Gasteiger partial charge is 0.249 e. The zero-order valence-electron chi connectivity index (χ0n) is 43.9. The van der Waals surface area contributed by atoms with Gasteiger partial charge in [0.1, 0.15) is 6.10 Å². The fourth-order valence-electron chi connectivity index (χ4n) is 9.16. The van der Waals surface area contributed by atoms with Gasteiger partial charge in [0.15, 0.2) is 0 Å². The van der Waals surface area contributed by atoms with Crippen LogP contribution in [0.25, 0.3) is 0 Å². The second-order valence-electron chi connectivity index (χ2n) is 20.2. The molecule has 3 unspecified atom stereocenters. The van der Waals surface area contributed by atoms with Crippen molar-refractivity contribution < 1.29 is 20.1 Å². The summed E-state index contributed by atoms with van der Waals surface area (Å²) in [7, 11) is 0. The van der Waals surface area contributed by atoms with Crippen LogP contribution < -0.4 is 5.32 Å². The van der Waals surface area contributed by atoms with E-state index in [1.165, 1.54) is 250 Å². The van der Waals surface area contributed by atoms with Gasteiger partial charge in [0.05, 0.1) is 18.8 Å². The zero-order chi connectivity index (χ0) is 47.2. The van der Waals surface area contributed by atoms with Gasteiger partial charge in [0.2, 0.25) is 5.91 Å². The molecule has 0 fully saturated rings. The minimum absolute atomic E-state index is 0.379. The van der Waals surface area contributed by atoms with Crippen LogP contribution in [0.5, 0.6) is 0 Å². The Hall–Kier alpha value is -1.43. The van der Waals surface area contributed by atoms with E-state index in [1.807, 2.05) is 6.08 Å². The number of allylic oxidation sites excluding steroid dienone is 5. The Morgan fingerprint density at radius 3 is 0.938 bits per heavy atom. The van der Waals surface area contributed by atoms with Gasteiger partial charge in [-0.2, -0.15) is 0 Å². The first-order chi connectivity index (χ1) is 32.1. The average molecular weight is 915 g/mol. The van der Waals surface area contributed by atoms with Crippen LogP contribution in [0.2, 0.25) is 0 Å². The molecule has 0 aromatic rings. The fourth-order valence-corrected chi connectivity index (χ4v) is 9.16.